The lowest BCUT2D eigenvalue weighted by molar-refractivity contribution is -0.111. The monoisotopic (exact) mass is 538 g/mol. The smallest absolute Gasteiger partial charge is 0.247 e. The lowest BCUT2D eigenvalue weighted by atomic mass is 9.80. The second-order valence-corrected chi connectivity index (χ2v) is 12.7. The van der Waals surface area contributed by atoms with E-state index in [2.05, 4.69) is 48.0 Å². The molecule has 0 spiro atoms. The maximum Gasteiger partial charge on any atom is 0.247 e. The van der Waals surface area contributed by atoms with Crippen LogP contribution in [0, 0.1) is 12.8 Å². The molecule has 9 heteroatoms. The number of aromatic nitrogens is 2. The van der Waals surface area contributed by atoms with Crippen LogP contribution in [-0.4, -0.2) is 27.7 Å². The molecule has 4 rings (SSSR count). The molecule has 1 aliphatic carbocycles. The summed E-state index contributed by atoms with van der Waals surface area (Å²) in [7, 11) is 0. The Morgan fingerprint density at radius 1 is 1.24 bits per heavy atom. The number of oxazole rings is 1. The average Bonchev–Trinajstić information content (AvgIpc) is 3.52. The van der Waals surface area contributed by atoms with Crippen molar-refractivity contribution in [2.45, 2.75) is 74.8 Å². The minimum Gasteiger partial charge on any atom is -0.444 e. The Morgan fingerprint density at radius 3 is 2.76 bits per heavy atom. The highest BCUT2D eigenvalue weighted by atomic mass is 32.2. The number of hydrogen-bond donors (Lipinski definition) is 2. The van der Waals surface area contributed by atoms with E-state index in [1.165, 1.54) is 6.08 Å². The van der Waals surface area contributed by atoms with Crippen molar-refractivity contribution in [3.05, 3.63) is 66.0 Å². The maximum atomic E-state index is 13.3. The van der Waals surface area contributed by atoms with E-state index >= 15 is 0 Å². The quantitative estimate of drug-likeness (QED) is 0.172. The minimum atomic E-state index is -0.268. The number of thioether (sulfide) groups is 1. The van der Waals surface area contributed by atoms with E-state index in [-0.39, 0.29) is 29.1 Å². The summed E-state index contributed by atoms with van der Waals surface area (Å²) in [5, 5.41) is 7.18. The van der Waals surface area contributed by atoms with Gasteiger partial charge in [0.05, 0.1) is 22.4 Å². The van der Waals surface area contributed by atoms with Crippen molar-refractivity contribution in [3.8, 4) is 0 Å². The molecule has 1 saturated carbocycles. The number of nitrogens with zero attached hydrogens (tertiary/aromatic N) is 2. The van der Waals surface area contributed by atoms with Crippen molar-refractivity contribution in [1.82, 2.24) is 9.97 Å². The van der Waals surface area contributed by atoms with Crippen molar-refractivity contribution in [1.29, 1.82) is 0 Å². The third kappa shape index (κ3) is 7.11. The number of hydrogen-bond acceptors (Lipinski definition) is 8. The Hall–Kier alpha value is -2.91. The predicted octanol–water partition coefficient (Wildman–Crippen LogP) is 7.01. The SMILES string of the molecule is C=CC(=O)Nc1ccc(C(=O)C2CCC[C@@H](Nc3ncc(SCc4ncc(C(C)(C)C)o4)s3)C2)c(C)c1. The van der Waals surface area contributed by atoms with E-state index in [0.717, 1.165) is 57.8 Å². The molecule has 2 N–H and O–H groups in total. The number of benzene rings is 1. The summed E-state index contributed by atoms with van der Waals surface area (Å²) in [6.45, 7) is 11.7. The molecule has 0 saturated heterocycles. The summed E-state index contributed by atoms with van der Waals surface area (Å²) in [6.07, 6.45) is 8.60. The molecular weight excluding hydrogens is 504 g/mol. The minimum absolute atomic E-state index is 0.0330. The molecule has 2 heterocycles. The molecule has 2 atom stereocenters. The highest BCUT2D eigenvalue weighted by Gasteiger charge is 2.29. The summed E-state index contributed by atoms with van der Waals surface area (Å²) in [6, 6.07) is 5.64. The first-order chi connectivity index (χ1) is 17.6. The van der Waals surface area contributed by atoms with Crippen LogP contribution in [0.4, 0.5) is 10.8 Å². The van der Waals surface area contributed by atoms with Gasteiger partial charge < -0.3 is 15.1 Å². The molecule has 1 amide bonds. The number of rotatable bonds is 9. The number of amides is 1. The Kier molecular flexibility index (Phi) is 8.54. The molecule has 0 aliphatic heterocycles. The first-order valence-corrected chi connectivity index (χ1v) is 14.3. The molecule has 1 fully saturated rings. The lowest BCUT2D eigenvalue weighted by Crippen LogP contribution is -2.31. The van der Waals surface area contributed by atoms with E-state index in [9.17, 15) is 9.59 Å². The van der Waals surface area contributed by atoms with Crippen molar-refractivity contribution in [2.75, 3.05) is 10.6 Å². The number of thiazole rings is 1. The molecule has 196 valence electrons. The molecule has 1 unspecified atom stereocenters. The van der Waals surface area contributed by atoms with E-state index in [0.29, 0.717) is 11.4 Å². The number of ketones is 1. The number of nitrogens with one attached hydrogen (secondary N) is 2. The number of carbonyl (C=O) groups is 2. The fourth-order valence-corrected chi connectivity index (χ4v) is 6.22. The Bertz CT molecular complexity index is 1270. The summed E-state index contributed by atoms with van der Waals surface area (Å²) in [4.78, 5) is 33.9. The van der Waals surface area contributed by atoms with Gasteiger partial charge in [-0.15, -0.1) is 11.8 Å². The Morgan fingerprint density at radius 2 is 2.05 bits per heavy atom. The second kappa shape index (κ2) is 11.6. The van der Waals surface area contributed by atoms with Crippen molar-refractivity contribution < 1.29 is 14.0 Å². The number of Topliss-reactive ketones (excluding diaryl/α,β-unsaturated/α-hetero) is 1. The molecular formula is C28H34N4O3S2. The van der Waals surface area contributed by atoms with Gasteiger partial charge in [0, 0.05) is 28.6 Å². The normalized spacial score (nSPS) is 17.8. The third-order valence-electron chi connectivity index (χ3n) is 6.43. The van der Waals surface area contributed by atoms with Crippen LogP contribution < -0.4 is 10.6 Å². The number of aryl methyl sites for hydroxylation is 1. The number of anilines is 2. The molecule has 3 aromatic rings. The van der Waals surface area contributed by atoms with E-state index < -0.39 is 0 Å². The predicted molar refractivity (Wildman–Crippen MR) is 151 cm³/mol. The fraction of sp³-hybridized carbons (Fsp3) is 0.429. The van der Waals surface area contributed by atoms with E-state index in [1.54, 1.807) is 29.2 Å². The molecule has 7 nitrogen and oxygen atoms in total. The van der Waals surface area contributed by atoms with Gasteiger partial charge in [0.15, 0.2) is 10.9 Å². The molecule has 0 bridgehead atoms. The van der Waals surface area contributed by atoms with Gasteiger partial charge in [-0.25, -0.2) is 9.97 Å². The van der Waals surface area contributed by atoms with Crippen LogP contribution in [0.3, 0.4) is 0 Å². The van der Waals surface area contributed by atoms with Gasteiger partial charge in [0.2, 0.25) is 11.8 Å². The lowest BCUT2D eigenvalue weighted by Gasteiger charge is -2.29. The van der Waals surface area contributed by atoms with Crippen LogP contribution in [0.5, 0.6) is 0 Å². The fourth-order valence-electron chi connectivity index (χ4n) is 4.41. The molecule has 2 aromatic heterocycles. The van der Waals surface area contributed by atoms with Gasteiger partial charge in [-0.05, 0) is 56.0 Å². The maximum absolute atomic E-state index is 13.3. The average molecular weight is 539 g/mol. The molecule has 37 heavy (non-hydrogen) atoms. The third-order valence-corrected chi connectivity index (χ3v) is 8.54. The largest absolute Gasteiger partial charge is 0.444 e. The Balaban J connectivity index is 1.32. The van der Waals surface area contributed by atoms with Gasteiger partial charge >= 0.3 is 0 Å². The zero-order chi connectivity index (χ0) is 26.6. The van der Waals surface area contributed by atoms with Crippen LogP contribution in [0.1, 0.15) is 74.0 Å². The van der Waals surface area contributed by atoms with Crippen LogP contribution >= 0.6 is 23.1 Å². The summed E-state index contributed by atoms with van der Waals surface area (Å²) >= 11 is 3.28. The molecule has 0 radical (unpaired) electrons. The summed E-state index contributed by atoms with van der Waals surface area (Å²) in [5.74, 6) is 2.14. The molecule has 1 aromatic carbocycles. The first-order valence-electron chi connectivity index (χ1n) is 12.5. The van der Waals surface area contributed by atoms with Crippen molar-refractivity contribution in [3.63, 3.8) is 0 Å². The van der Waals surface area contributed by atoms with Crippen LogP contribution in [0.25, 0.3) is 0 Å². The summed E-state index contributed by atoms with van der Waals surface area (Å²) < 4.78 is 6.99. The van der Waals surface area contributed by atoms with Crippen LogP contribution in [0.2, 0.25) is 0 Å². The topological polar surface area (TPSA) is 97.1 Å². The van der Waals surface area contributed by atoms with Crippen molar-refractivity contribution >= 4 is 45.6 Å². The standard InChI is InChI=1S/C28H34N4O3S2/c1-6-23(33)31-20-10-11-21(17(2)12-20)26(34)18-8-7-9-19(13-18)32-27-30-15-25(37-27)36-16-24-29-14-22(35-24)28(3,4)5/h6,10-12,14-15,18-19H,1,7-9,13,16H2,2-5H3,(H,30,32)(H,31,33)/t18?,19-/m1/s1. The molecule has 1 aliphatic rings. The van der Waals surface area contributed by atoms with Crippen LogP contribution in [0.15, 0.2) is 51.9 Å². The zero-order valence-corrected chi connectivity index (χ0v) is 23.4. The summed E-state index contributed by atoms with van der Waals surface area (Å²) in [5.41, 5.74) is 2.19. The van der Waals surface area contributed by atoms with E-state index in [1.807, 2.05) is 31.5 Å². The van der Waals surface area contributed by atoms with Gasteiger partial charge in [0.25, 0.3) is 0 Å². The number of carbonyl (C=O) groups excluding carboxylic acids is 2. The first kappa shape index (κ1) is 27.1. The van der Waals surface area contributed by atoms with Gasteiger partial charge in [-0.2, -0.15) is 0 Å². The van der Waals surface area contributed by atoms with Gasteiger partial charge in [-0.3, -0.25) is 9.59 Å². The second-order valence-electron chi connectivity index (χ2n) is 10.4. The highest BCUT2D eigenvalue weighted by Crippen LogP contribution is 2.35. The highest BCUT2D eigenvalue weighted by molar-refractivity contribution is 8.00. The van der Waals surface area contributed by atoms with Crippen LogP contribution in [-0.2, 0) is 16.0 Å². The van der Waals surface area contributed by atoms with Crippen molar-refractivity contribution in [2.24, 2.45) is 5.92 Å². The van der Waals surface area contributed by atoms with Gasteiger partial charge in [-0.1, -0.05) is 45.1 Å². The Labute approximate surface area is 226 Å². The van der Waals surface area contributed by atoms with Gasteiger partial charge in [0.1, 0.15) is 5.76 Å². The zero-order valence-electron chi connectivity index (χ0n) is 21.8. The van der Waals surface area contributed by atoms with E-state index in [4.69, 9.17) is 4.42 Å².